The molecule has 29 heavy (non-hydrogen) atoms. The molecule has 3 rings (SSSR count). The highest BCUT2D eigenvalue weighted by molar-refractivity contribution is 9.10. The standard InChI is InChI=1S/C22H26BrN3O3/c23-21-19(7-4-12-24)26(25-22(21)18-5-2-1-3-6-18)13-16-8-10-17(11-9-16)14-29-15-20(27)28/h1-3,5-6,16-17H,4,7-11,13-15H2,(H,27,28). The second-order valence-electron chi connectivity index (χ2n) is 7.61. The van der Waals surface area contributed by atoms with Gasteiger partial charge in [-0.05, 0) is 53.4 Å². The molecule has 2 aromatic rings. The van der Waals surface area contributed by atoms with Crippen molar-refractivity contribution in [1.82, 2.24) is 9.78 Å². The predicted molar refractivity (Wildman–Crippen MR) is 113 cm³/mol. The molecular formula is C22H26BrN3O3. The van der Waals surface area contributed by atoms with Crippen LogP contribution in [0, 0.1) is 23.2 Å². The Morgan fingerprint density at radius 2 is 1.93 bits per heavy atom. The average Bonchev–Trinajstić information content (AvgIpc) is 3.03. The van der Waals surface area contributed by atoms with Crippen molar-refractivity contribution < 1.29 is 14.6 Å². The van der Waals surface area contributed by atoms with E-state index in [0.29, 0.717) is 31.3 Å². The Hall–Kier alpha value is -2.17. The summed E-state index contributed by atoms with van der Waals surface area (Å²) in [6, 6.07) is 12.3. The maximum Gasteiger partial charge on any atom is 0.329 e. The van der Waals surface area contributed by atoms with Gasteiger partial charge < -0.3 is 9.84 Å². The van der Waals surface area contributed by atoms with Gasteiger partial charge in [-0.1, -0.05) is 30.3 Å². The fourth-order valence-corrected chi connectivity index (χ4v) is 4.67. The summed E-state index contributed by atoms with van der Waals surface area (Å²) in [7, 11) is 0. The number of carboxylic acids is 1. The van der Waals surface area contributed by atoms with E-state index < -0.39 is 5.97 Å². The van der Waals surface area contributed by atoms with E-state index in [1.165, 1.54) is 0 Å². The van der Waals surface area contributed by atoms with Gasteiger partial charge in [-0.2, -0.15) is 10.4 Å². The molecule has 1 aromatic heterocycles. The van der Waals surface area contributed by atoms with Crippen LogP contribution in [0.4, 0.5) is 0 Å². The van der Waals surface area contributed by atoms with Crippen molar-refractivity contribution in [1.29, 1.82) is 5.26 Å². The van der Waals surface area contributed by atoms with Gasteiger partial charge in [0.2, 0.25) is 0 Å². The number of aliphatic carboxylic acids is 1. The van der Waals surface area contributed by atoms with Crippen LogP contribution in [0.1, 0.15) is 37.8 Å². The van der Waals surface area contributed by atoms with Gasteiger partial charge in [-0.15, -0.1) is 0 Å². The number of carboxylic acid groups (broad SMARTS) is 1. The van der Waals surface area contributed by atoms with Crippen LogP contribution in [0.5, 0.6) is 0 Å². The number of benzene rings is 1. The Morgan fingerprint density at radius 3 is 2.59 bits per heavy atom. The summed E-state index contributed by atoms with van der Waals surface area (Å²) in [5.74, 6) is 0.0527. The summed E-state index contributed by atoms with van der Waals surface area (Å²) in [6.07, 6.45) is 5.40. The number of halogens is 1. The van der Waals surface area contributed by atoms with E-state index in [0.717, 1.165) is 53.7 Å². The van der Waals surface area contributed by atoms with Gasteiger partial charge in [0.25, 0.3) is 0 Å². The van der Waals surface area contributed by atoms with E-state index in [9.17, 15) is 4.79 Å². The quantitative estimate of drug-likeness (QED) is 0.587. The first kappa shape index (κ1) is 21.5. The van der Waals surface area contributed by atoms with Gasteiger partial charge in [0.05, 0.1) is 22.8 Å². The molecule has 0 aliphatic heterocycles. The van der Waals surface area contributed by atoms with E-state index in [4.69, 9.17) is 20.2 Å². The van der Waals surface area contributed by atoms with E-state index in [1.54, 1.807) is 0 Å². The highest BCUT2D eigenvalue weighted by Crippen LogP contribution is 2.34. The van der Waals surface area contributed by atoms with Crippen molar-refractivity contribution in [2.45, 2.75) is 45.1 Å². The summed E-state index contributed by atoms with van der Waals surface area (Å²) in [5.41, 5.74) is 3.07. The molecule has 0 radical (unpaired) electrons. The summed E-state index contributed by atoms with van der Waals surface area (Å²) >= 11 is 3.73. The molecule has 1 fully saturated rings. The number of ether oxygens (including phenoxy) is 1. The van der Waals surface area contributed by atoms with E-state index in [1.807, 2.05) is 30.3 Å². The molecule has 0 spiro atoms. The molecule has 1 aliphatic carbocycles. The van der Waals surface area contributed by atoms with E-state index >= 15 is 0 Å². The molecular weight excluding hydrogens is 434 g/mol. The first-order valence-electron chi connectivity index (χ1n) is 10.1. The zero-order valence-corrected chi connectivity index (χ0v) is 18.0. The van der Waals surface area contributed by atoms with Gasteiger partial charge in [-0.25, -0.2) is 4.79 Å². The van der Waals surface area contributed by atoms with Crippen LogP contribution in [0.2, 0.25) is 0 Å². The molecule has 154 valence electrons. The minimum Gasteiger partial charge on any atom is -0.480 e. The SMILES string of the molecule is N#CCCc1c(Br)c(-c2ccccc2)nn1CC1CCC(COCC(=O)O)CC1. The normalized spacial score (nSPS) is 19.0. The van der Waals surface area contributed by atoms with Crippen LogP contribution in [0.15, 0.2) is 34.8 Å². The molecule has 6 nitrogen and oxygen atoms in total. The van der Waals surface area contributed by atoms with Crippen molar-refractivity contribution in [2.75, 3.05) is 13.2 Å². The van der Waals surface area contributed by atoms with Crippen LogP contribution >= 0.6 is 15.9 Å². The Morgan fingerprint density at radius 1 is 1.24 bits per heavy atom. The number of rotatable bonds is 9. The third-order valence-corrected chi connectivity index (χ3v) is 6.32. The molecule has 1 heterocycles. The summed E-state index contributed by atoms with van der Waals surface area (Å²) in [6.45, 7) is 1.15. The molecule has 1 saturated carbocycles. The van der Waals surface area contributed by atoms with Crippen LogP contribution in [0.25, 0.3) is 11.3 Å². The van der Waals surface area contributed by atoms with Gasteiger partial charge in [0.1, 0.15) is 12.3 Å². The number of carbonyl (C=O) groups is 1. The van der Waals surface area contributed by atoms with Crippen LogP contribution in [-0.2, 0) is 22.5 Å². The lowest BCUT2D eigenvalue weighted by molar-refractivity contribution is -0.142. The lowest BCUT2D eigenvalue weighted by atomic mass is 9.82. The summed E-state index contributed by atoms with van der Waals surface area (Å²) < 4.78 is 8.33. The maximum absolute atomic E-state index is 10.6. The minimum atomic E-state index is -0.915. The van der Waals surface area contributed by atoms with Crippen LogP contribution in [0.3, 0.4) is 0 Å². The van der Waals surface area contributed by atoms with Crippen molar-refractivity contribution in [3.63, 3.8) is 0 Å². The third-order valence-electron chi connectivity index (χ3n) is 5.49. The first-order valence-corrected chi connectivity index (χ1v) is 10.8. The molecule has 0 saturated heterocycles. The molecule has 7 heteroatoms. The smallest absolute Gasteiger partial charge is 0.329 e. The zero-order chi connectivity index (χ0) is 20.6. The average molecular weight is 460 g/mol. The van der Waals surface area contributed by atoms with Crippen LogP contribution < -0.4 is 0 Å². The lowest BCUT2D eigenvalue weighted by Gasteiger charge is -2.28. The molecule has 0 unspecified atom stereocenters. The number of aromatic nitrogens is 2. The molecule has 1 N–H and O–H groups in total. The van der Waals surface area contributed by atoms with Crippen molar-refractivity contribution in [2.24, 2.45) is 11.8 Å². The number of nitrogens with zero attached hydrogens (tertiary/aromatic N) is 3. The van der Waals surface area contributed by atoms with Crippen LogP contribution in [-0.4, -0.2) is 34.1 Å². The topological polar surface area (TPSA) is 88.1 Å². The molecule has 1 aromatic carbocycles. The monoisotopic (exact) mass is 459 g/mol. The fraction of sp³-hybridized carbons (Fsp3) is 0.500. The van der Waals surface area contributed by atoms with E-state index in [-0.39, 0.29) is 6.61 Å². The predicted octanol–water partition coefficient (Wildman–Crippen LogP) is 4.68. The molecule has 1 aliphatic rings. The van der Waals surface area contributed by atoms with E-state index in [2.05, 4.69) is 26.7 Å². The molecule has 0 bridgehead atoms. The van der Waals surface area contributed by atoms with Crippen molar-refractivity contribution >= 4 is 21.9 Å². The van der Waals surface area contributed by atoms with Gasteiger partial charge >= 0.3 is 5.97 Å². The fourth-order valence-electron chi connectivity index (χ4n) is 3.96. The number of hydrogen-bond donors (Lipinski definition) is 1. The Bertz CT molecular complexity index is 852. The summed E-state index contributed by atoms with van der Waals surface area (Å²) in [4.78, 5) is 10.6. The van der Waals surface area contributed by atoms with Gasteiger partial charge in [0, 0.05) is 24.9 Å². The largest absolute Gasteiger partial charge is 0.480 e. The van der Waals surface area contributed by atoms with Gasteiger partial charge in [-0.3, -0.25) is 4.68 Å². The minimum absolute atomic E-state index is 0.217. The maximum atomic E-state index is 10.6. The number of nitriles is 1. The lowest BCUT2D eigenvalue weighted by Crippen LogP contribution is -2.23. The van der Waals surface area contributed by atoms with Crippen molar-refractivity contribution in [3.8, 4) is 17.3 Å². The second-order valence-corrected chi connectivity index (χ2v) is 8.40. The Balaban J connectivity index is 1.66. The Kier molecular flexibility index (Phi) is 7.84. The first-order chi connectivity index (χ1) is 14.1. The molecule has 0 atom stereocenters. The second kappa shape index (κ2) is 10.6. The Labute approximate surface area is 179 Å². The summed E-state index contributed by atoms with van der Waals surface area (Å²) in [5, 5.41) is 22.6. The van der Waals surface area contributed by atoms with Gasteiger partial charge in [0.15, 0.2) is 0 Å². The highest BCUT2D eigenvalue weighted by Gasteiger charge is 2.24. The third kappa shape index (κ3) is 5.91. The van der Waals surface area contributed by atoms with Crippen molar-refractivity contribution in [3.05, 3.63) is 40.5 Å². The number of hydrogen-bond acceptors (Lipinski definition) is 4. The molecule has 0 amide bonds. The highest BCUT2D eigenvalue weighted by atomic mass is 79.9. The zero-order valence-electron chi connectivity index (χ0n) is 16.4.